The van der Waals surface area contributed by atoms with E-state index in [0.717, 1.165) is 56.7 Å². The summed E-state index contributed by atoms with van der Waals surface area (Å²) in [5.41, 5.74) is 0. The Labute approximate surface area is 193 Å². The Morgan fingerprint density at radius 3 is 2.34 bits per heavy atom. The van der Waals surface area contributed by atoms with Crippen molar-refractivity contribution in [3.63, 3.8) is 0 Å². The zero-order valence-corrected chi connectivity index (χ0v) is 20.6. The SMILES string of the molecule is CCNC(=NCC(C)Oc1ccccc1OC)NCCN1CCN(CC)CC1.I. The molecule has 2 rings (SSSR count). The molecule has 7 nitrogen and oxygen atoms in total. The van der Waals surface area contributed by atoms with Gasteiger partial charge in [-0.1, -0.05) is 19.1 Å². The Morgan fingerprint density at radius 2 is 1.72 bits per heavy atom. The first-order chi connectivity index (χ1) is 13.7. The molecule has 1 aliphatic rings. The number of guanidine groups is 1. The monoisotopic (exact) mass is 519 g/mol. The maximum Gasteiger partial charge on any atom is 0.191 e. The molecule has 0 spiro atoms. The molecular weight excluding hydrogens is 481 g/mol. The zero-order chi connectivity index (χ0) is 20.2. The van der Waals surface area contributed by atoms with Crippen LogP contribution in [0.5, 0.6) is 11.5 Å². The fourth-order valence-electron chi connectivity index (χ4n) is 3.19. The van der Waals surface area contributed by atoms with Gasteiger partial charge in [-0.25, -0.2) is 4.99 Å². The molecule has 8 heteroatoms. The second-order valence-corrected chi connectivity index (χ2v) is 7.00. The number of hydrogen-bond acceptors (Lipinski definition) is 5. The number of piperazine rings is 1. The maximum absolute atomic E-state index is 5.98. The summed E-state index contributed by atoms with van der Waals surface area (Å²) in [5, 5.41) is 6.75. The third kappa shape index (κ3) is 9.39. The molecule has 1 fully saturated rings. The topological polar surface area (TPSA) is 61.4 Å². The van der Waals surface area contributed by atoms with Crippen molar-refractivity contribution in [3.8, 4) is 11.5 Å². The van der Waals surface area contributed by atoms with Gasteiger partial charge < -0.3 is 25.0 Å². The number of methoxy groups -OCH3 is 1. The van der Waals surface area contributed by atoms with Crippen LogP contribution in [-0.4, -0.2) is 87.9 Å². The van der Waals surface area contributed by atoms with E-state index in [1.165, 1.54) is 13.1 Å². The van der Waals surface area contributed by atoms with E-state index in [4.69, 9.17) is 9.47 Å². The summed E-state index contributed by atoms with van der Waals surface area (Å²) in [5.74, 6) is 2.33. The summed E-state index contributed by atoms with van der Waals surface area (Å²) in [6.45, 7) is 15.4. The smallest absolute Gasteiger partial charge is 0.191 e. The number of likely N-dealkylation sites (N-methyl/N-ethyl adjacent to an activating group) is 1. The first-order valence-corrected chi connectivity index (χ1v) is 10.4. The summed E-state index contributed by atoms with van der Waals surface area (Å²) in [4.78, 5) is 9.68. The molecule has 1 aliphatic heterocycles. The molecule has 1 unspecified atom stereocenters. The Morgan fingerprint density at radius 1 is 1.07 bits per heavy atom. The lowest BCUT2D eigenvalue weighted by atomic mass is 10.3. The van der Waals surface area contributed by atoms with Crippen LogP contribution in [0.1, 0.15) is 20.8 Å². The number of halogens is 1. The predicted octanol–water partition coefficient (Wildman–Crippen LogP) is 2.27. The Hall–Kier alpha value is -1.26. The van der Waals surface area contributed by atoms with Gasteiger partial charge in [0.2, 0.25) is 0 Å². The first kappa shape index (κ1) is 25.8. The van der Waals surface area contributed by atoms with Crippen molar-refractivity contribution in [1.82, 2.24) is 20.4 Å². The Bertz CT molecular complexity index is 594. The van der Waals surface area contributed by atoms with Gasteiger partial charge in [0.15, 0.2) is 17.5 Å². The highest BCUT2D eigenvalue weighted by molar-refractivity contribution is 14.0. The molecule has 0 amide bonds. The third-order valence-corrected chi connectivity index (χ3v) is 4.88. The molecule has 29 heavy (non-hydrogen) atoms. The van der Waals surface area contributed by atoms with Crippen LogP contribution in [0.2, 0.25) is 0 Å². The number of aliphatic imine (C=N–C) groups is 1. The van der Waals surface area contributed by atoms with E-state index in [1.807, 2.05) is 31.2 Å². The van der Waals surface area contributed by atoms with Crippen molar-refractivity contribution in [1.29, 1.82) is 0 Å². The van der Waals surface area contributed by atoms with Gasteiger partial charge in [0.05, 0.1) is 13.7 Å². The fourth-order valence-corrected chi connectivity index (χ4v) is 3.19. The second kappa shape index (κ2) is 14.7. The number of benzene rings is 1. The van der Waals surface area contributed by atoms with Crippen molar-refractivity contribution < 1.29 is 9.47 Å². The van der Waals surface area contributed by atoms with Gasteiger partial charge in [-0.05, 0) is 32.5 Å². The first-order valence-electron chi connectivity index (χ1n) is 10.4. The maximum atomic E-state index is 5.98. The van der Waals surface area contributed by atoms with Crippen LogP contribution in [0.15, 0.2) is 29.3 Å². The molecule has 1 aromatic carbocycles. The lowest BCUT2D eigenvalue weighted by Crippen LogP contribution is -2.49. The van der Waals surface area contributed by atoms with E-state index < -0.39 is 0 Å². The van der Waals surface area contributed by atoms with E-state index >= 15 is 0 Å². The van der Waals surface area contributed by atoms with Crippen molar-refractivity contribution in [2.24, 2.45) is 4.99 Å². The van der Waals surface area contributed by atoms with Crippen LogP contribution < -0.4 is 20.1 Å². The highest BCUT2D eigenvalue weighted by Gasteiger charge is 2.15. The number of nitrogens with zero attached hydrogens (tertiary/aromatic N) is 3. The summed E-state index contributed by atoms with van der Waals surface area (Å²) in [6.07, 6.45) is -0.0473. The summed E-state index contributed by atoms with van der Waals surface area (Å²) in [7, 11) is 1.65. The molecule has 1 atom stereocenters. The third-order valence-electron chi connectivity index (χ3n) is 4.88. The van der Waals surface area contributed by atoms with Gasteiger partial charge in [0.1, 0.15) is 6.10 Å². The number of nitrogens with one attached hydrogen (secondary N) is 2. The Balaban J connectivity index is 0.00000420. The Kier molecular flexibility index (Phi) is 13.0. The van der Waals surface area contributed by atoms with Crippen LogP contribution in [0.25, 0.3) is 0 Å². The van der Waals surface area contributed by atoms with E-state index in [2.05, 4.69) is 39.3 Å². The lowest BCUT2D eigenvalue weighted by molar-refractivity contribution is 0.139. The number of hydrogen-bond donors (Lipinski definition) is 2. The molecule has 2 N–H and O–H groups in total. The average Bonchev–Trinajstić information content (AvgIpc) is 2.73. The number of ether oxygens (including phenoxy) is 2. The highest BCUT2D eigenvalue weighted by atomic mass is 127. The minimum absolute atomic E-state index is 0. The quantitative estimate of drug-likeness (QED) is 0.281. The molecule has 0 bridgehead atoms. The van der Waals surface area contributed by atoms with Crippen LogP contribution in [-0.2, 0) is 0 Å². The van der Waals surface area contributed by atoms with Gasteiger partial charge >= 0.3 is 0 Å². The predicted molar refractivity (Wildman–Crippen MR) is 131 cm³/mol. The van der Waals surface area contributed by atoms with Crippen LogP contribution in [0, 0.1) is 0 Å². The van der Waals surface area contributed by atoms with Gasteiger partial charge in [-0.2, -0.15) is 0 Å². The van der Waals surface area contributed by atoms with Gasteiger partial charge in [0, 0.05) is 45.8 Å². The minimum atomic E-state index is -0.0473. The van der Waals surface area contributed by atoms with Crippen LogP contribution in [0.4, 0.5) is 0 Å². The van der Waals surface area contributed by atoms with Crippen molar-refractivity contribution >= 4 is 29.9 Å². The van der Waals surface area contributed by atoms with Crippen LogP contribution in [0.3, 0.4) is 0 Å². The molecule has 1 aromatic rings. The van der Waals surface area contributed by atoms with E-state index in [0.29, 0.717) is 6.54 Å². The largest absolute Gasteiger partial charge is 0.493 e. The fraction of sp³-hybridized carbons (Fsp3) is 0.667. The second-order valence-electron chi connectivity index (χ2n) is 7.00. The van der Waals surface area contributed by atoms with Crippen molar-refractivity contribution in [3.05, 3.63) is 24.3 Å². The van der Waals surface area contributed by atoms with E-state index in [9.17, 15) is 0 Å². The average molecular weight is 519 g/mol. The van der Waals surface area contributed by atoms with Crippen LogP contribution >= 0.6 is 24.0 Å². The van der Waals surface area contributed by atoms with Gasteiger partial charge in [-0.15, -0.1) is 24.0 Å². The summed E-state index contributed by atoms with van der Waals surface area (Å²) in [6, 6.07) is 7.70. The molecule has 0 saturated carbocycles. The summed E-state index contributed by atoms with van der Waals surface area (Å²) < 4.78 is 11.3. The number of rotatable bonds is 10. The lowest BCUT2D eigenvalue weighted by Gasteiger charge is -2.34. The standard InChI is InChI=1S/C21H37N5O2.HI/c1-5-22-21(23-11-12-26-15-13-25(6-2)14-16-26)24-17-18(3)28-20-10-8-7-9-19(20)27-4;/h7-10,18H,5-6,11-17H2,1-4H3,(H2,22,23,24);1H. The zero-order valence-electron chi connectivity index (χ0n) is 18.3. The van der Waals surface area contributed by atoms with Crippen molar-refractivity contribution in [2.45, 2.75) is 26.9 Å². The summed E-state index contributed by atoms with van der Waals surface area (Å²) >= 11 is 0. The van der Waals surface area contributed by atoms with Crippen molar-refractivity contribution in [2.75, 3.05) is 66.0 Å². The molecular formula is C21H38IN5O2. The number of para-hydroxylation sites is 2. The molecule has 0 aromatic heterocycles. The molecule has 0 radical (unpaired) electrons. The molecule has 0 aliphatic carbocycles. The van der Waals surface area contributed by atoms with E-state index in [1.54, 1.807) is 7.11 Å². The van der Waals surface area contributed by atoms with E-state index in [-0.39, 0.29) is 30.1 Å². The molecule has 166 valence electrons. The minimum Gasteiger partial charge on any atom is -0.493 e. The van der Waals surface area contributed by atoms with Gasteiger partial charge in [-0.3, -0.25) is 4.90 Å². The molecule has 1 saturated heterocycles. The van der Waals surface area contributed by atoms with Gasteiger partial charge in [0.25, 0.3) is 0 Å². The normalized spacial score (nSPS) is 16.6. The molecule has 1 heterocycles. The highest BCUT2D eigenvalue weighted by Crippen LogP contribution is 2.26.